The maximum absolute atomic E-state index is 12.3. The molecule has 3 heteroatoms. The zero-order valence-corrected chi connectivity index (χ0v) is 12.8. The molecule has 1 heterocycles. The van der Waals surface area contributed by atoms with Crippen LogP contribution in [0, 0.1) is 0 Å². The van der Waals surface area contributed by atoms with Crippen LogP contribution in [0.2, 0.25) is 0 Å². The first-order valence-electron chi connectivity index (χ1n) is 7.55. The predicted octanol–water partition coefficient (Wildman–Crippen LogP) is 4.49. The average Bonchev–Trinajstić information content (AvgIpc) is 2.99. The van der Waals surface area contributed by atoms with E-state index in [9.17, 15) is 4.79 Å². The molecule has 1 amide bonds. The van der Waals surface area contributed by atoms with Gasteiger partial charge in [0.25, 0.3) is 5.91 Å². The number of hydrogen-bond donors (Lipinski definition) is 1. The second kappa shape index (κ2) is 6.06. The van der Waals surface area contributed by atoms with Gasteiger partial charge in [0.2, 0.25) is 0 Å². The first kappa shape index (κ1) is 14.4. The number of amides is 1. The van der Waals surface area contributed by atoms with Crippen LogP contribution in [-0.4, -0.2) is 5.91 Å². The summed E-state index contributed by atoms with van der Waals surface area (Å²) in [4.78, 5) is 12.3. The van der Waals surface area contributed by atoms with E-state index < -0.39 is 0 Å². The Balaban J connectivity index is 1.74. The van der Waals surface area contributed by atoms with Gasteiger partial charge in [-0.15, -0.1) is 0 Å². The second-order valence-electron chi connectivity index (χ2n) is 5.44. The summed E-state index contributed by atoms with van der Waals surface area (Å²) in [6, 6.07) is 17.6. The highest BCUT2D eigenvalue weighted by molar-refractivity contribution is 5.96. The Hall–Kier alpha value is -2.55. The molecular formula is C19H19NO2. The van der Waals surface area contributed by atoms with Gasteiger partial charge < -0.3 is 9.73 Å². The molecule has 0 spiro atoms. The van der Waals surface area contributed by atoms with Crippen LogP contribution in [0.15, 0.2) is 59.0 Å². The Morgan fingerprint density at radius 3 is 2.55 bits per heavy atom. The van der Waals surface area contributed by atoms with Gasteiger partial charge in [-0.3, -0.25) is 4.79 Å². The highest BCUT2D eigenvalue weighted by Crippen LogP contribution is 2.20. The number of fused-ring (bicyclic) bond motifs is 1. The van der Waals surface area contributed by atoms with Gasteiger partial charge in [-0.25, -0.2) is 0 Å². The lowest BCUT2D eigenvalue weighted by Gasteiger charge is -2.13. The minimum absolute atomic E-state index is 0.0633. The van der Waals surface area contributed by atoms with E-state index in [4.69, 9.17) is 4.42 Å². The summed E-state index contributed by atoms with van der Waals surface area (Å²) >= 11 is 0. The Kier molecular flexibility index (Phi) is 3.96. The molecular weight excluding hydrogens is 274 g/mol. The van der Waals surface area contributed by atoms with Crippen molar-refractivity contribution in [1.29, 1.82) is 0 Å². The van der Waals surface area contributed by atoms with Crippen molar-refractivity contribution in [2.24, 2.45) is 0 Å². The molecule has 2 aromatic carbocycles. The van der Waals surface area contributed by atoms with Crippen LogP contribution >= 0.6 is 0 Å². The zero-order chi connectivity index (χ0) is 15.5. The van der Waals surface area contributed by atoms with Crippen molar-refractivity contribution in [2.75, 3.05) is 0 Å². The smallest absolute Gasteiger partial charge is 0.287 e. The van der Waals surface area contributed by atoms with Gasteiger partial charge in [0.15, 0.2) is 5.76 Å². The van der Waals surface area contributed by atoms with E-state index in [0.29, 0.717) is 5.76 Å². The van der Waals surface area contributed by atoms with E-state index >= 15 is 0 Å². The van der Waals surface area contributed by atoms with Gasteiger partial charge in [0.1, 0.15) is 5.58 Å². The Labute approximate surface area is 130 Å². The molecule has 0 radical (unpaired) electrons. The third-order valence-electron chi connectivity index (χ3n) is 3.88. The van der Waals surface area contributed by atoms with Crippen molar-refractivity contribution >= 4 is 16.9 Å². The maximum atomic E-state index is 12.3. The topological polar surface area (TPSA) is 42.2 Å². The Morgan fingerprint density at radius 2 is 1.86 bits per heavy atom. The van der Waals surface area contributed by atoms with Crippen LogP contribution in [0.3, 0.4) is 0 Å². The molecule has 0 aliphatic rings. The van der Waals surface area contributed by atoms with Gasteiger partial charge in [-0.05, 0) is 36.6 Å². The van der Waals surface area contributed by atoms with Gasteiger partial charge in [0.05, 0.1) is 6.04 Å². The van der Waals surface area contributed by atoms with Crippen molar-refractivity contribution in [3.05, 3.63) is 71.5 Å². The first-order chi connectivity index (χ1) is 10.7. The molecule has 3 aromatic rings. The SMILES string of the molecule is CCc1ccc([C@@H](C)NC(=O)c2cc3ccccc3o2)cc1. The molecule has 1 N–H and O–H groups in total. The lowest BCUT2D eigenvalue weighted by Crippen LogP contribution is -2.26. The highest BCUT2D eigenvalue weighted by atomic mass is 16.3. The number of benzene rings is 2. The standard InChI is InChI=1S/C19H19NO2/c1-3-14-8-10-15(11-9-14)13(2)20-19(21)18-12-16-6-4-5-7-17(16)22-18/h4-13H,3H2,1-2H3,(H,20,21)/t13-/m1/s1. The van der Waals surface area contributed by atoms with E-state index in [1.165, 1.54) is 5.56 Å². The fourth-order valence-electron chi connectivity index (χ4n) is 2.49. The minimum Gasteiger partial charge on any atom is -0.451 e. The van der Waals surface area contributed by atoms with Gasteiger partial charge in [-0.2, -0.15) is 0 Å². The predicted molar refractivity (Wildman–Crippen MR) is 87.9 cm³/mol. The summed E-state index contributed by atoms with van der Waals surface area (Å²) in [5, 5.41) is 3.92. The van der Waals surface area contributed by atoms with Crippen LogP contribution in [0.25, 0.3) is 11.0 Å². The van der Waals surface area contributed by atoms with Gasteiger partial charge in [-0.1, -0.05) is 49.4 Å². The summed E-state index contributed by atoms with van der Waals surface area (Å²) in [6.07, 6.45) is 1.01. The fraction of sp³-hybridized carbons (Fsp3) is 0.211. The van der Waals surface area contributed by atoms with Gasteiger partial charge >= 0.3 is 0 Å². The van der Waals surface area contributed by atoms with Crippen LogP contribution in [-0.2, 0) is 6.42 Å². The normalized spacial score (nSPS) is 12.3. The summed E-state index contributed by atoms with van der Waals surface area (Å²) in [7, 11) is 0. The molecule has 0 aliphatic carbocycles. The lowest BCUT2D eigenvalue weighted by molar-refractivity contribution is 0.0914. The summed E-state index contributed by atoms with van der Waals surface area (Å²) < 4.78 is 5.59. The molecule has 0 bridgehead atoms. The van der Waals surface area contributed by atoms with Crippen molar-refractivity contribution in [3.63, 3.8) is 0 Å². The maximum Gasteiger partial charge on any atom is 0.287 e. The molecule has 0 saturated carbocycles. The van der Waals surface area contributed by atoms with Crippen molar-refractivity contribution in [2.45, 2.75) is 26.3 Å². The quantitative estimate of drug-likeness (QED) is 0.770. The fourth-order valence-corrected chi connectivity index (χ4v) is 2.49. The number of furan rings is 1. The largest absolute Gasteiger partial charge is 0.451 e. The number of aryl methyl sites for hydroxylation is 1. The van der Waals surface area contributed by atoms with Crippen LogP contribution in [0.1, 0.15) is 41.6 Å². The molecule has 22 heavy (non-hydrogen) atoms. The molecule has 112 valence electrons. The minimum atomic E-state index is -0.191. The van der Waals surface area contributed by atoms with Crippen LogP contribution < -0.4 is 5.32 Å². The number of para-hydroxylation sites is 1. The third kappa shape index (κ3) is 2.89. The summed E-state index contributed by atoms with van der Waals surface area (Å²) in [6.45, 7) is 4.10. The number of carbonyl (C=O) groups is 1. The molecule has 0 unspecified atom stereocenters. The van der Waals surface area contributed by atoms with Crippen LogP contribution in [0.4, 0.5) is 0 Å². The molecule has 0 saturated heterocycles. The number of carbonyl (C=O) groups excluding carboxylic acids is 1. The van der Waals surface area contributed by atoms with Crippen LogP contribution in [0.5, 0.6) is 0 Å². The Morgan fingerprint density at radius 1 is 1.14 bits per heavy atom. The number of nitrogens with one attached hydrogen (secondary N) is 1. The zero-order valence-electron chi connectivity index (χ0n) is 12.8. The van der Waals surface area contributed by atoms with Crippen molar-refractivity contribution < 1.29 is 9.21 Å². The monoisotopic (exact) mass is 293 g/mol. The molecule has 1 aromatic heterocycles. The van der Waals surface area contributed by atoms with E-state index in [1.807, 2.05) is 31.2 Å². The van der Waals surface area contributed by atoms with E-state index in [2.05, 4.69) is 36.5 Å². The van der Waals surface area contributed by atoms with E-state index in [-0.39, 0.29) is 11.9 Å². The molecule has 0 aliphatic heterocycles. The first-order valence-corrected chi connectivity index (χ1v) is 7.55. The molecule has 0 fully saturated rings. The molecule has 1 atom stereocenters. The second-order valence-corrected chi connectivity index (χ2v) is 5.44. The van der Waals surface area contributed by atoms with Gasteiger partial charge in [0, 0.05) is 5.39 Å². The van der Waals surface area contributed by atoms with Crippen molar-refractivity contribution in [1.82, 2.24) is 5.32 Å². The average molecular weight is 293 g/mol. The molecule has 3 nitrogen and oxygen atoms in total. The number of hydrogen-bond acceptors (Lipinski definition) is 2. The van der Waals surface area contributed by atoms with E-state index in [0.717, 1.165) is 23.0 Å². The third-order valence-corrected chi connectivity index (χ3v) is 3.88. The number of rotatable bonds is 4. The molecule has 3 rings (SSSR count). The highest BCUT2D eigenvalue weighted by Gasteiger charge is 2.15. The summed E-state index contributed by atoms with van der Waals surface area (Å²) in [5.41, 5.74) is 3.11. The Bertz CT molecular complexity index is 754. The van der Waals surface area contributed by atoms with Crippen molar-refractivity contribution in [3.8, 4) is 0 Å². The lowest BCUT2D eigenvalue weighted by atomic mass is 10.0. The summed E-state index contributed by atoms with van der Waals surface area (Å²) in [5.74, 6) is 0.154. The van der Waals surface area contributed by atoms with E-state index in [1.54, 1.807) is 6.07 Å².